The number of hydrogen-bond acceptors (Lipinski definition) is 7. The molecule has 12 nitrogen and oxygen atoms in total. The molecule has 3 heterocycles. The standard InChI is InChI=1S/C19H17Cl2N9O3/c1-11-17(30(32)33)12(2)29(24-11)10-27-6-5-16(25-27)18(31)23-19-22-9-28(26-19)8-13-3-4-14(20)7-15(13)21/h3-7,9H,8,10H2,1-2H3,(H,23,26,31). The van der Waals surface area contributed by atoms with Gasteiger partial charge in [-0.15, -0.1) is 5.10 Å². The lowest BCUT2D eigenvalue weighted by molar-refractivity contribution is -0.386. The summed E-state index contributed by atoms with van der Waals surface area (Å²) in [5.74, 6) is -0.399. The molecule has 0 fully saturated rings. The maximum Gasteiger partial charge on any atom is 0.312 e. The lowest BCUT2D eigenvalue weighted by atomic mass is 10.2. The smallest absolute Gasteiger partial charge is 0.288 e. The molecule has 4 rings (SSSR count). The number of rotatable bonds is 7. The zero-order valence-electron chi connectivity index (χ0n) is 17.4. The average Bonchev–Trinajstić information content (AvgIpc) is 3.44. The molecule has 1 amide bonds. The van der Waals surface area contributed by atoms with Crippen LogP contribution in [0, 0.1) is 24.0 Å². The predicted octanol–water partition coefficient (Wildman–Crippen LogP) is 3.31. The van der Waals surface area contributed by atoms with Crippen LogP contribution >= 0.6 is 23.2 Å². The maximum absolute atomic E-state index is 12.5. The molecule has 0 unspecified atom stereocenters. The Labute approximate surface area is 196 Å². The molecule has 33 heavy (non-hydrogen) atoms. The Bertz CT molecular complexity index is 1360. The fourth-order valence-corrected chi connectivity index (χ4v) is 3.67. The van der Waals surface area contributed by atoms with Gasteiger partial charge in [0.1, 0.15) is 24.4 Å². The number of nitrogens with zero attached hydrogens (tertiary/aromatic N) is 8. The Morgan fingerprint density at radius 3 is 2.64 bits per heavy atom. The first kappa shape index (κ1) is 22.4. The van der Waals surface area contributed by atoms with E-state index in [1.165, 1.54) is 26.4 Å². The van der Waals surface area contributed by atoms with Gasteiger partial charge in [-0.2, -0.15) is 10.2 Å². The molecule has 0 aliphatic heterocycles. The van der Waals surface area contributed by atoms with E-state index in [-0.39, 0.29) is 24.0 Å². The topological polar surface area (TPSA) is 139 Å². The fraction of sp³-hybridized carbons (Fsp3) is 0.211. The second-order valence-electron chi connectivity index (χ2n) is 7.11. The summed E-state index contributed by atoms with van der Waals surface area (Å²) in [5.41, 5.74) is 1.59. The number of aromatic nitrogens is 7. The largest absolute Gasteiger partial charge is 0.312 e. The van der Waals surface area contributed by atoms with Gasteiger partial charge in [0.2, 0.25) is 5.95 Å². The molecule has 0 aliphatic carbocycles. The Morgan fingerprint density at radius 2 is 1.94 bits per heavy atom. The molecule has 170 valence electrons. The van der Waals surface area contributed by atoms with Crippen LogP contribution in [-0.2, 0) is 13.2 Å². The van der Waals surface area contributed by atoms with Gasteiger partial charge in [0, 0.05) is 16.2 Å². The van der Waals surface area contributed by atoms with Gasteiger partial charge in [-0.05, 0) is 37.6 Å². The van der Waals surface area contributed by atoms with E-state index in [0.29, 0.717) is 28.0 Å². The Kier molecular flexibility index (Phi) is 6.11. The van der Waals surface area contributed by atoms with Gasteiger partial charge in [0.25, 0.3) is 5.91 Å². The second kappa shape index (κ2) is 9.00. The number of nitrogens with one attached hydrogen (secondary N) is 1. The SMILES string of the molecule is Cc1nn(Cn2ccc(C(=O)Nc3ncn(Cc4ccc(Cl)cc4Cl)n3)n2)c(C)c1[N+](=O)[O-]. The maximum atomic E-state index is 12.5. The molecule has 1 aromatic carbocycles. The molecule has 1 N–H and O–H groups in total. The zero-order chi connectivity index (χ0) is 23.7. The van der Waals surface area contributed by atoms with Crippen molar-refractivity contribution >= 4 is 40.7 Å². The summed E-state index contributed by atoms with van der Waals surface area (Å²) in [6.07, 6.45) is 3.04. The number of anilines is 1. The summed E-state index contributed by atoms with van der Waals surface area (Å²) in [7, 11) is 0. The lowest BCUT2D eigenvalue weighted by Crippen LogP contribution is -2.16. The van der Waals surface area contributed by atoms with Gasteiger partial charge in [0.15, 0.2) is 5.69 Å². The van der Waals surface area contributed by atoms with Crippen molar-refractivity contribution in [3.63, 3.8) is 0 Å². The van der Waals surface area contributed by atoms with Crippen LogP contribution in [0.3, 0.4) is 0 Å². The minimum Gasteiger partial charge on any atom is -0.288 e. The molecule has 0 saturated heterocycles. The summed E-state index contributed by atoms with van der Waals surface area (Å²) in [6, 6.07) is 6.66. The summed E-state index contributed by atoms with van der Waals surface area (Å²) in [6.45, 7) is 3.63. The van der Waals surface area contributed by atoms with Crippen molar-refractivity contribution in [1.82, 2.24) is 34.3 Å². The molecule has 0 aliphatic rings. The Balaban J connectivity index is 1.41. The van der Waals surface area contributed by atoms with Gasteiger partial charge in [0.05, 0.1) is 11.5 Å². The van der Waals surface area contributed by atoms with Crippen molar-refractivity contribution < 1.29 is 9.72 Å². The van der Waals surface area contributed by atoms with Crippen molar-refractivity contribution in [2.24, 2.45) is 0 Å². The van der Waals surface area contributed by atoms with Crippen LogP contribution in [0.25, 0.3) is 0 Å². The second-order valence-corrected chi connectivity index (χ2v) is 7.96. The van der Waals surface area contributed by atoms with Gasteiger partial charge in [-0.1, -0.05) is 29.3 Å². The number of carbonyl (C=O) groups excluding carboxylic acids is 1. The quantitative estimate of drug-likeness (QED) is 0.310. The normalized spacial score (nSPS) is 11.0. The van der Waals surface area contributed by atoms with E-state index in [4.69, 9.17) is 23.2 Å². The van der Waals surface area contributed by atoms with Crippen molar-refractivity contribution in [3.05, 3.63) is 79.6 Å². The molecular formula is C19H17Cl2N9O3. The van der Waals surface area contributed by atoms with E-state index in [9.17, 15) is 14.9 Å². The van der Waals surface area contributed by atoms with Crippen LogP contribution in [-0.4, -0.2) is 45.2 Å². The van der Waals surface area contributed by atoms with E-state index in [1.54, 1.807) is 38.2 Å². The Morgan fingerprint density at radius 1 is 1.15 bits per heavy atom. The molecule has 3 aromatic heterocycles. The molecule has 0 radical (unpaired) electrons. The third-order valence-corrected chi connectivity index (χ3v) is 5.37. The van der Waals surface area contributed by atoms with Crippen molar-refractivity contribution in [2.75, 3.05) is 5.32 Å². The Hall–Kier alpha value is -3.77. The number of hydrogen-bond donors (Lipinski definition) is 1. The average molecular weight is 490 g/mol. The third-order valence-electron chi connectivity index (χ3n) is 4.79. The van der Waals surface area contributed by atoms with Gasteiger partial charge in [-0.3, -0.25) is 24.9 Å². The van der Waals surface area contributed by atoms with Crippen molar-refractivity contribution in [1.29, 1.82) is 0 Å². The summed E-state index contributed by atoms with van der Waals surface area (Å²) < 4.78 is 4.43. The number of halogens is 2. The molecule has 14 heteroatoms. The van der Waals surface area contributed by atoms with E-state index >= 15 is 0 Å². The summed E-state index contributed by atoms with van der Waals surface area (Å²) >= 11 is 12.1. The first-order chi connectivity index (χ1) is 15.7. The highest BCUT2D eigenvalue weighted by Gasteiger charge is 2.22. The first-order valence-corrected chi connectivity index (χ1v) is 10.3. The number of amides is 1. The zero-order valence-corrected chi connectivity index (χ0v) is 18.9. The summed E-state index contributed by atoms with van der Waals surface area (Å²) in [4.78, 5) is 27.3. The van der Waals surface area contributed by atoms with E-state index < -0.39 is 10.8 Å². The molecule has 0 bridgehead atoms. The molecule has 0 spiro atoms. The number of benzene rings is 1. The van der Waals surface area contributed by atoms with Gasteiger partial charge >= 0.3 is 5.69 Å². The van der Waals surface area contributed by atoms with Crippen LogP contribution in [0.4, 0.5) is 11.6 Å². The number of carbonyl (C=O) groups is 1. The van der Waals surface area contributed by atoms with Crippen molar-refractivity contribution in [2.45, 2.75) is 27.1 Å². The highest BCUT2D eigenvalue weighted by Crippen LogP contribution is 2.22. The van der Waals surface area contributed by atoms with Gasteiger partial charge in [-0.25, -0.2) is 14.3 Å². The van der Waals surface area contributed by atoms with Crippen LogP contribution in [0.2, 0.25) is 10.0 Å². The molecule has 0 saturated carbocycles. The van der Waals surface area contributed by atoms with Crippen LogP contribution < -0.4 is 5.32 Å². The molecule has 0 atom stereocenters. The molecule has 4 aromatic rings. The van der Waals surface area contributed by atoms with E-state index in [1.807, 2.05) is 0 Å². The highest BCUT2D eigenvalue weighted by molar-refractivity contribution is 6.35. The number of aryl methyl sites for hydroxylation is 1. The van der Waals surface area contributed by atoms with Crippen LogP contribution in [0.5, 0.6) is 0 Å². The minimum atomic E-state index is -0.504. The van der Waals surface area contributed by atoms with Crippen LogP contribution in [0.15, 0.2) is 36.8 Å². The fourth-order valence-electron chi connectivity index (χ4n) is 3.21. The predicted molar refractivity (Wildman–Crippen MR) is 120 cm³/mol. The van der Waals surface area contributed by atoms with Crippen LogP contribution in [0.1, 0.15) is 27.4 Å². The monoisotopic (exact) mass is 489 g/mol. The van der Waals surface area contributed by atoms with Crippen molar-refractivity contribution in [3.8, 4) is 0 Å². The van der Waals surface area contributed by atoms with Gasteiger partial charge < -0.3 is 0 Å². The number of nitro groups is 1. The third kappa shape index (κ3) is 4.86. The highest BCUT2D eigenvalue weighted by atomic mass is 35.5. The lowest BCUT2D eigenvalue weighted by Gasteiger charge is -2.04. The minimum absolute atomic E-state index is 0.0401. The molecular weight excluding hydrogens is 473 g/mol. The first-order valence-electron chi connectivity index (χ1n) is 9.58. The summed E-state index contributed by atoms with van der Waals surface area (Å²) in [5, 5.41) is 27.4. The van der Waals surface area contributed by atoms with E-state index in [0.717, 1.165) is 5.56 Å². The van der Waals surface area contributed by atoms with E-state index in [2.05, 4.69) is 25.6 Å².